The number of nitrogens with one attached hydrogen (secondary N) is 2. The van der Waals surface area contributed by atoms with Crippen LogP contribution in [0.1, 0.15) is 41.3 Å². The first-order valence-electron chi connectivity index (χ1n) is 10.1. The number of aromatic nitrogens is 2. The monoisotopic (exact) mass is 410 g/mol. The number of halogens is 1. The first-order chi connectivity index (χ1) is 13.9. The van der Waals surface area contributed by atoms with Crippen molar-refractivity contribution in [3.63, 3.8) is 0 Å². The normalized spacial score (nSPS) is 15.7. The topological polar surface area (TPSA) is 61.0 Å². The second kappa shape index (κ2) is 8.17. The van der Waals surface area contributed by atoms with Crippen LogP contribution in [-0.2, 0) is 4.79 Å². The number of piperidine rings is 1. The molecule has 1 fully saturated rings. The lowest BCUT2D eigenvalue weighted by molar-refractivity contribution is -0.117. The number of aryl methyl sites for hydroxylation is 2. The fraction of sp³-hybridized carbons (Fsp3) is 0.391. The molecule has 4 rings (SSSR count). The Morgan fingerprint density at radius 1 is 1.21 bits per heavy atom. The third-order valence-electron chi connectivity index (χ3n) is 6.00. The van der Waals surface area contributed by atoms with E-state index in [1.54, 1.807) is 0 Å². The maximum Gasteiger partial charge on any atom is 0.238 e. The van der Waals surface area contributed by atoms with Crippen LogP contribution < -0.4 is 5.32 Å². The summed E-state index contributed by atoms with van der Waals surface area (Å²) < 4.78 is 0. The Kier molecular flexibility index (Phi) is 5.61. The average Bonchev–Trinajstić information content (AvgIpc) is 3.09. The molecule has 5 nitrogen and oxygen atoms in total. The Bertz CT molecular complexity index is 1010. The number of benzene rings is 2. The maximum absolute atomic E-state index is 12.5. The number of anilines is 1. The van der Waals surface area contributed by atoms with Crippen molar-refractivity contribution in [2.24, 2.45) is 0 Å². The Morgan fingerprint density at radius 3 is 2.69 bits per heavy atom. The van der Waals surface area contributed by atoms with Gasteiger partial charge in [-0.15, -0.1) is 0 Å². The van der Waals surface area contributed by atoms with Gasteiger partial charge in [0.25, 0.3) is 0 Å². The molecule has 6 heteroatoms. The van der Waals surface area contributed by atoms with Gasteiger partial charge in [-0.1, -0.05) is 17.7 Å². The molecule has 1 aliphatic heterocycles. The largest absolute Gasteiger partial charge is 0.342 e. The van der Waals surface area contributed by atoms with E-state index in [9.17, 15) is 4.79 Å². The highest BCUT2D eigenvalue weighted by atomic mass is 35.5. The van der Waals surface area contributed by atoms with Crippen LogP contribution in [0.4, 0.5) is 5.69 Å². The number of hydrogen-bond donors (Lipinski definition) is 2. The Morgan fingerprint density at radius 2 is 1.93 bits per heavy atom. The van der Waals surface area contributed by atoms with E-state index in [1.807, 2.05) is 25.1 Å². The minimum atomic E-state index is 0.00324. The van der Waals surface area contributed by atoms with Crippen molar-refractivity contribution in [3.8, 4) is 0 Å². The number of likely N-dealkylation sites (tertiary alicyclic amines) is 1. The fourth-order valence-corrected chi connectivity index (χ4v) is 4.16. The zero-order valence-corrected chi connectivity index (χ0v) is 17.9. The summed E-state index contributed by atoms with van der Waals surface area (Å²) in [6, 6.07) is 9.90. The lowest BCUT2D eigenvalue weighted by atomic mass is 9.96. The van der Waals surface area contributed by atoms with Crippen molar-refractivity contribution in [2.75, 3.05) is 25.0 Å². The van der Waals surface area contributed by atoms with E-state index < -0.39 is 0 Å². The van der Waals surface area contributed by atoms with Gasteiger partial charge in [-0.2, -0.15) is 0 Å². The Hall–Kier alpha value is -2.37. The van der Waals surface area contributed by atoms with Crippen LogP contribution in [0, 0.1) is 20.8 Å². The van der Waals surface area contributed by atoms with Gasteiger partial charge in [0.05, 0.1) is 17.6 Å². The zero-order valence-electron chi connectivity index (χ0n) is 17.2. The molecule has 29 heavy (non-hydrogen) atoms. The van der Waals surface area contributed by atoms with Gasteiger partial charge < -0.3 is 10.3 Å². The molecule has 1 saturated heterocycles. The average molecular weight is 411 g/mol. The highest BCUT2D eigenvalue weighted by Crippen LogP contribution is 2.29. The summed E-state index contributed by atoms with van der Waals surface area (Å²) in [5, 5.41) is 3.65. The lowest BCUT2D eigenvalue weighted by Gasteiger charge is -2.30. The Balaban J connectivity index is 1.34. The van der Waals surface area contributed by atoms with Gasteiger partial charge >= 0.3 is 0 Å². The van der Waals surface area contributed by atoms with Crippen LogP contribution in [0.15, 0.2) is 30.3 Å². The summed E-state index contributed by atoms with van der Waals surface area (Å²) in [4.78, 5) is 23.0. The minimum Gasteiger partial charge on any atom is -0.342 e. The van der Waals surface area contributed by atoms with E-state index in [0.717, 1.165) is 54.0 Å². The number of fused-ring (bicyclic) bond motifs is 1. The van der Waals surface area contributed by atoms with Crippen molar-refractivity contribution in [2.45, 2.75) is 39.5 Å². The number of hydrogen-bond acceptors (Lipinski definition) is 3. The van der Waals surface area contributed by atoms with E-state index in [2.05, 4.69) is 41.2 Å². The van der Waals surface area contributed by atoms with Gasteiger partial charge in [-0.25, -0.2) is 4.98 Å². The SMILES string of the molecule is Cc1cc2nc(C3CCN(CC(=O)Nc4cccc(Cl)c4C)CC3)[nH]c2cc1C. The van der Waals surface area contributed by atoms with Crippen molar-refractivity contribution in [1.29, 1.82) is 0 Å². The molecule has 0 aliphatic carbocycles. The van der Waals surface area contributed by atoms with Crippen molar-refractivity contribution in [3.05, 3.63) is 57.9 Å². The molecule has 1 amide bonds. The zero-order chi connectivity index (χ0) is 20.5. The first-order valence-corrected chi connectivity index (χ1v) is 10.5. The van der Waals surface area contributed by atoms with Crippen molar-refractivity contribution in [1.82, 2.24) is 14.9 Å². The number of aromatic amines is 1. The quantitative estimate of drug-likeness (QED) is 0.639. The minimum absolute atomic E-state index is 0.00324. The molecular weight excluding hydrogens is 384 g/mol. The number of nitrogens with zero attached hydrogens (tertiary/aromatic N) is 2. The molecule has 0 bridgehead atoms. The van der Waals surface area contributed by atoms with Gasteiger partial charge in [0.2, 0.25) is 5.91 Å². The predicted molar refractivity (Wildman–Crippen MR) is 119 cm³/mol. The molecule has 0 atom stereocenters. The number of rotatable bonds is 4. The lowest BCUT2D eigenvalue weighted by Crippen LogP contribution is -2.39. The molecule has 3 aromatic rings. The molecule has 0 radical (unpaired) electrons. The number of carbonyl (C=O) groups excluding carboxylic acids is 1. The van der Waals surface area contributed by atoms with Crippen LogP contribution in [0.3, 0.4) is 0 Å². The Labute approximate surface area is 176 Å². The number of imidazole rings is 1. The molecule has 0 unspecified atom stereocenters. The van der Waals surface area contributed by atoms with Crippen LogP contribution in [0.5, 0.6) is 0 Å². The molecule has 152 valence electrons. The molecule has 2 aromatic carbocycles. The first kappa shape index (κ1) is 19.9. The molecule has 0 saturated carbocycles. The third-order valence-corrected chi connectivity index (χ3v) is 6.41. The summed E-state index contributed by atoms with van der Waals surface area (Å²) in [5.41, 5.74) is 6.39. The number of carbonyl (C=O) groups is 1. The second-order valence-electron chi connectivity index (χ2n) is 8.09. The standard InChI is InChI=1S/C23H27ClN4O/c1-14-11-20-21(12-15(14)2)27-23(26-20)17-7-9-28(10-8-17)13-22(29)25-19-6-4-5-18(24)16(19)3/h4-6,11-12,17H,7-10,13H2,1-3H3,(H,25,29)(H,26,27). The highest BCUT2D eigenvalue weighted by Gasteiger charge is 2.24. The van der Waals surface area contributed by atoms with Gasteiger partial charge in [-0.3, -0.25) is 9.69 Å². The van der Waals surface area contributed by atoms with Crippen molar-refractivity contribution < 1.29 is 4.79 Å². The van der Waals surface area contributed by atoms with E-state index in [-0.39, 0.29) is 5.91 Å². The van der Waals surface area contributed by atoms with E-state index in [4.69, 9.17) is 16.6 Å². The van der Waals surface area contributed by atoms with Gasteiger partial charge in [-0.05, 0) is 87.7 Å². The van der Waals surface area contributed by atoms with Crippen LogP contribution in [-0.4, -0.2) is 40.4 Å². The maximum atomic E-state index is 12.5. The fourth-order valence-electron chi connectivity index (χ4n) is 3.98. The summed E-state index contributed by atoms with van der Waals surface area (Å²) in [6.45, 7) is 8.35. The van der Waals surface area contributed by atoms with Gasteiger partial charge in [0.1, 0.15) is 5.82 Å². The van der Waals surface area contributed by atoms with E-state index in [0.29, 0.717) is 17.5 Å². The predicted octanol–water partition coefficient (Wildman–Crippen LogP) is 4.96. The molecule has 2 heterocycles. The molecule has 2 N–H and O–H groups in total. The van der Waals surface area contributed by atoms with Gasteiger partial charge in [0.15, 0.2) is 0 Å². The molecule has 1 aliphatic rings. The summed E-state index contributed by atoms with van der Waals surface area (Å²) in [5.74, 6) is 1.49. The van der Waals surface area contributed by atoms with Crippen LogP contribution in [0.2, 0.25) is 5.02 Å². The summed E-state index contributed by atoms with van der Waals surface area (Å²) >= 11 is 6.14. The van der Waals surface area contributed by atoms with Crippen LogP contribution >= 0.6 is 11.6 Å². The van der Waals surface area contributed by atoms with Crippen LogP contribution in [0.25, 0.3) is 11.0 Å². The summed E-state index contributed by atoms with van der Waals surface area (Å²) in [7, 11) is 0. The van der Waals surface area contributed by atoms with Gasteiger partial charge in [0, 0.05) is 16.6 Å². The van der Waals surface area contributed by atoms with E-state index in [1.165, 1.54) is 11.1 Å². The second-order valence-corrected chi connectivity index (χ2v) is 8.49. The molecule has 0 spiro atoms. The smallest absolute Gasteiger partial charge is 0.238 e. The van der Waals surface area contributed by atoms with Crippen molar-refractivity contribution >= 4 is 34.2 Å². The highest BCUT2D eigenvalue weighted by molar-refractivity contribution is 6.31. The number of H-pyrrole nitrogens is 1. The number of amides is 1. The molecule has 1 aromatic heterocycles. The summed E-state index contributed by atoms with van der Waals surface area (Å²) in [6.07, 6.45) is 2.00. The van der Waals surface area contributed by atoms with E-state index >= 15 is 0 Å². The molecular formula is C23H27ClN4O. The third kappa shape index (κ3) is 4.31.